The summed E-state index contributed by atoms with van der Waals surface area (Å²) in [5.74, 6) is -1.03. The third kappa shape index (κ3) is 3.51. The molecule has 3 aromatic carbocycles. The Hall–Kier alpha value is -4.52. The van der Waals surface area contributed by atoms with Gasteiger partial charge < -0.3 is 15.5 Å². The summed E-state index contributed by atoms with van der Waals surface area (Å²) in [5, 5.41) is 6.43. The molecule has 0 unspecified atom stereocenters. The van der Waals surface area contributed by atoms with Crippen molar-refractivity contribution in [2.75, 3.05) is 5.73 Å². The lowest BCUT2D eigenvalue weighted by Crippen LogP contribution is -2.24. The average molecular weight is 482 g/mol. The second kappa shape index (κ2) is 8.02. The van der Waals surface area contributed by atoms with Gasteiger partial charge in [0.25, 0.3) is 5.91 Å². The van der Waals surface area contributed by atoms with E-state index in [0.29, 0.717) is 34.6 Å². The predicted octanol–water partition coefficient (Wildman–Crippen LogP) is 6.65. The molecule has 0 saturated heterocycles. The number of nitrogens with two attached hydrogens (primary N) is 1. The maximum atomic E-state index is 13.8. The molecular weight excluding hydrogens is 460 g/mol. The molecule has 0 atom stereocenters. The molecule has 7 heteroatoms. The van der Waals surface area contributed by atoms with E-state index in [0.717, 1.165) is 50.0 Å². The van der Waals surface area contributed by atoms with Crippen molar-refractivity contribution in [3.05, 3.63) is 94.7 Å². The van der Waals surface area contributed by atoms with Gasteiger partial charge in [-0.2, -0.15) is 0 Å². The van der Waals surface area contributed by atoms with Crippen molar-refractivity contribution in [1.29, 1.82) is 0 Å². The smallest absolute Gasteiger partial charge is 0.251 e. The van der Waals surface area contributed by atoms with E-state index in [1.807, 2.05) is 44.2 Å². The molecule has 0 radical (unpaired) electrons. The zero-order valence-corrected chi connectivity index (χ0v) is 19.6. The van der Waals surface area contributed by atoms with Gasteiger partial charge >= 0.3 is 0 Å². The Bertz CT molecular complexity index is 1780. The maximum Gasteiger partial charge on any atom is 0.251 e. The third-order valence-corrected chi connectivity index (χ3v) is 6.68. The fourth-order valence-corrected chi connectivity index (χ4v) is 4.94. The minimum Gasteiger partial charge on any atom is -0.455 e. The topological polar surface area (TPSA) is 81.1 Å². The largest absolute Gasteiger partial charge is 0.455 e. The molecule has 0 spiro atoms. The standard InChI is InChI=1S/C29H21F2N3O2/c1-14-7-26(32)34-15(2)25(14)13-33-29(35)17-4-6-22-24(11-17)28-23-10-16(3-5-21(23)27(22)36-28)18-8-19(30)12-20(31)9-18/h3-12H,13H2,1-2H3,(H2,32,34)(H,33,35). The van der Waals surface area contributed by atoms with Gasteiger partial charge in [-0.15, -0.1) is 0 Å². The van der Waals surface area contributed by atoms with Crippen molar-refractivity contribution in [1.82, 2.24) is 10.3 Å². The van der Waals surface area contributed by atoms with E-state index in [-0.39, 0.29) is 5.91 Å². The molecule has 0 aliphatic carbocycles. The summed E-state index contributed by atoms with van der Waals surface area (Å²) >= 11 is 0. The number of carbonyl (C=O) groups excluding carboxylic acids is 1. The number of hydrogen-bond donors (Lipinski definition) is 2. The normalized spacial score (nSPS) is 11.7. The number of anilines is 1. The summed E-state index contributed by atoms with van der Waals surface area (Å²) in [5.41, 5.74) is 11.5. The van der Waals surface area contributed by atoms with Crippen molar-refractivity contribution >= 4 is 44.4 Å². The van der Waals surface area contributed by atoms with Crippen LogP contribution in [0.3, 0.4) is 0 Å². The van der Waals surface area contributed by atoms with Gasteiger partial charge in [0.05, 0.1) is 0 Å². The van der Waals surface area contributed by atoms with Crippen LogP contribution in [0.4, 0.5) is 14.6 Å². The number of furan rings is 2. The molecule has 6 aromatic rings. The second-order valence-electron chi connectivity index (χ2n) is 9.05. The number of fused-ring (bicyclic) bond motifs is 8. The first kappa shape index (κ1) is 22.0. The maximum absolute atomic E-state index is 13.8. The molecule has 2 bridgehead atoms. The van der Waals surface area contributed by atoms with Crippen molar-refractivity contribution in [3.63, 3.8) is 0 Å². The number of benzene rings is 4. The van der Waals surface area contributed by atoms with Crippen LogP contribution >= 0.6 is 0 Å². The lowest BCUT2D eigenvalue weighted by molar-refractivity contribution is 0.0951. The summed E-state index contributed by atoms with van der Waals surface area (Å²) in [4.78, 5) is 17.3. The first-order valence-corrected chi connectivity index (χ1v) is 11.5. The van der Waals surface area contributed by atoms with E-state index in [1.165, 1.54) is 12.1 Å². The van der Waals surface area contributed by atoms with Crippen LogP contribution < -0.4 is 11.1 Å². The van der Waals surface area contributed by atoms with E-state index in [4.69, 9.17) is 10.2 Å². The third-order valence-electron chi connectivity index (χ3n) is 6.68. The predicted molar refractivity (Wildman–Crippen MR) is 137 cm³/mol. The lowest BCUT2D eigenvalue weighted by Gasteiger charge is -2.11. The van der Waals surface area contributed by atoms with Crippen LogP contribution in [-0.2, 0) is 6.54 Å². The molecule has 0 saturated carbocycles. The first-order valence-electron chi connectivity index (χ1n) is 11.5. The molecule has 3 aromatic heterocycles. The molecule has 36 heavy (non-hydrogen) atoms. The number of pyridine rings is 1. The van der Waals surface area contributed by atoms with Crippen LogP contribution in [0.5, 0.6) is 0 Å². The monoisotopic (exact) mass is 481 g/mol. The molecule has 0 aliphatic heterocycles. The van der Waals surface area contributed by atoms with Crippen molar-refractivity contribution in [2.24, 2.45) is 0 Å². The van der Waals surface area contributed by atoms with Crippen LogP contribution in [-0.4, -0.2) is 10.9 Å². The number of aryl methyl sites for hydroxylation is 2. The first-order chi connectivity index (χ1) is 17.3. The van der Waals surface area contributed by atoms with Crippen LogP contribution in [0.15, 0.2) is 65.1 Å². The zero-order valence-electron chi connectivity index (χ0n) is 19.6. The number of nitrogens with one attached hydrogen (secondary N) is 1. The summed E-state index contributed by atoms with van der Waals surface area (Å²) in [6.45, 7) is 4.14. The molecule has 1 amide bonds. The molecule has 3 heterocycles. The highest BCUT2D eigenvalue weighted by Gasteiger charge is 2.20. The molecular formula is C29H21F2N3O2. The van der Waals surface area contributed by atoms with Gasteiger partial charge in [0.15, 0.2) is 0 Å². The van der Waals surface area contributed by atoms with Crippen LogP contribution in [0.1, 0.15) is 27.2 Å². The molecule has 6 rings (SSSR count). The molecule has 0 fully saturated rings. The van der Waals surface area contributed by atoms with Gasteiger partial charge in [0.2, 0.25) is 0 Å². The molecule has 5 nitrogen and oxygen atoms in total. The number of aromatic nitrogens is 1. The van der Waals surface area contributed by atoms with Gasteiger partial charge in [-0.25, -0.2) is 13.8 Å². The van der Waals surface area contributed by atoms with Gasteiger partial charge in [0.1, 0.15) is 28.6 Å². The Morgan fingerprint density at radius 3 is 2.25 bits per heavy atom. The van der Waals surface area contributed by atoms with Crippen molar-refractivity contribution in [2.45, 2.75) is 20.4 Å². The number of hydrogen-bond acceptors (Lipinski definition) is 4. The zero-order chi connectivity index (χ0) is 25.1. The van der Waals surface area contributed by atoms with Gasteiger partial charge in [0, 0.05) is 45.4 Å². The number of rotatable bonds is 4. The van der Waals surface area contributed by atoms with E-state index in [1.54, 1.807) is 12.1 Å². The van der Waals surface area contributed by atoms with Crippen molar-refractivity contribution < 1.29 is 18.0 Å². The molecule has 0 aliphatic rings. The number of halogens is 2. The van der Waals surface area contributed by atoms with E-state index >= 15 is 0 Å². The number of carbonyl (C=O) groups is 1. The van der Waals surface area contributed by atoms with Crippen LogP contribution in [0, 0.1) is 25.5 Å². The summed E-state index contributed by atoms with van der Waals surface area (Å²) < 4.78 is 33.6. The SMILES string of the molecule is Cc1cc(N)nc(C)c1CNC(=O)c1ccc2c(c1)c1oc2c2ccc(-c3cc(F)cc(F)c3)cc21. The van der Waals surface area contributed by atoms with E-state index in [9.17, 15) is 13.6 Å². The number of amides is 1. The summed E-state index contributed by atoms with van der Waals surface area (Å²) in [6.07, 6.45) is 0. The number of nitrogens with zero attached hydrogens (tertiary/aromatic N) is 1. The van der Waals surface area contributed by atoms with E-state index in [2.05, 4.69) is 10.3 Å². The lowest BCUT2D eigenvalue weighted by atomic mass is 9.97. The quantitative estimate of drug-likeness (QED) is 0.276. The Morgan fingerprint density at radius 2 is 1.53 bits per heavy atom. The Morgan fingerprint density at radius 1 is 0.861 bits per heavy atom. The fourth-order valence-electron chi connectivity index (χ4n) is 4.94. The number of nitrogen functional groups attached to an aromatic ring is 1. The molecule has 178 valence electrons. The van der Waals surface area contributed by atoms with Gasteiger partial charge in [-0.05, 0) is 84.6 Å². The van der Waals surface area contributed by atoms with Crippen LogP contribution in [0.2, 0.25) is 0 Å². The Labute approximate surface area is 204 Å². The van der Waals surface area contributed by atoms with Crippen LogP contribution in [0.25, 0.3) is 43.8 Å². The minimum absolute atomic E-state index is 0.217. The highest BCUT2D eigenvalue weighted by molar-refractivity contribution is 6.26. The van der Waals surface area contributed by atoms with Crippen molar-refractivity contribution in [3.8, 4) is 11.1 Å². The summed E-state index contributed by atoms with van der Waals surface area (Å²) in [6, 6.07) is 16.3. The highest BCUT2D eigenvalue weighted by Crippen LogP contribution is 2.42. The van der Waals surface area contributed by atoms with Gasteiger partial charge in [-0.1, -0.05) is 6.07 Å². The summed E-state index contributed by atoms with van der Waals surface area (Å²) in [7, 11) is 0. The van der Waals surface area contributed by atoms with E-state index < -0.39 is 11.6 Å². The Kier molecular flexibility index (Phi) is 4.89. The average Bonchev–Trinajstić information content (AvgIpc) is 3.39. The highest BCUT2D eigenvalue weighted by atomic mass is 19.1. The fraction of sp³-hybridized carbons (Fsp3) is 0.103. The molecule has 3 N–H and O–H groups in total. The minimum atomic E-state index is -0.633. The van der Waals surface area contributed by atoms with Gasteiger partial charge in [-0.3, -0.25) is 4.79 Å². The Balaban J connectivity index is 1.36. The second-order valence-corrected chi connectivity index (χ2v) is 9.05.